The normalized spacial score (nSPS) is 25.6. The van der Waals surface area contributed by atoms with E-state index in [4.69, 9.17) is 0 Å². The van der Waals surface area contributed by atoms with Crippen LogP contribution in [0, 0.1) is 0 Å². The minimum Gasteiger partial charge on any atom is -0.340 e. The van der Waals surface area contributed by atoms with Crippen LogP contribution >= 0.6 is 23.5 Å². The van der Waals surface area contributed by atoms with Crippen LogP contribution in [-0.2, 0) is 0 Å². The Bertz CT molecular complexity index is 277. The molecule has 0 aromatic carbocycles. The summed E-state index contributed by atoms with van der Waals surface area (Å²) in [5.41, 5.74) is 0. The van der Waals surface area contributed by atoms with Crippen LogP contribution in [0.2, 0.25) is 0 Å². The van der Waals surface area contributed by atoms with E-state index < -0.39 is 0 Å². The van der Waals surface area contributed by atoms with Crippen molar-refractivity contribution in [2.24, 2.45) is 0 Å². The van der Waals surface area contributed by atoms with Crippen molar-refractivity contribution in [3.8, 4) is 0 Å². The van der Waals surface area contributed by atoms with Crippen molar-refractivity contribution < 1.29 is 0 Å². The number of nitrogens with zero attached hydrogens (tertiary/aromatic N) is 2. The number of hydrogen-bond acceptors (Lipinski definition) is 4. The van der Waals surface area contributed by atoms with Crippen LogP contribution in [-0.4, -0.2) is 22.9 Å². The molecule has 0 saturated carbocycles. The molecular weight excluding hydrogens is 212 g/mol. The van der Waals surface area contributed by atoms with Crippen LogP contribution < -0.4 is 0 Å². The topological polar surface area (TPSA) is 6.48 Å². The summed E-state index contributed by atoms with van der Waals surface area (Å²) in [6.07, 6.45) is 4.30. The molecule has 0 aliphatic carbocycles. The van der Waals surface area contributed by atoms with Gasteiger partial charge in [0, 0.05) is 25.5 Å². The highest BCUT2D eigenvalue weighted by atomic mass is 32.2. The summed E-state index contributed by atoms with van der Waals surface area (Å²) in [7, 11) is 0. The van der Waals surface area contributed by atoms with Gasteiger partial charge in [-0.25, -0.2) is 0 Å². The van der Waals surface area contributed by atoms with Crippen molar-refractivity contribution in [1.82, 2.24) is 9.80 Å². The number of rotatable bonds is 2. The Morgan fingerprint density at radius 3 is 1.71 bits per heavy atom. The molecule has 0 aromatic rings. The van der Waals surface area contributed by atoms with Crippen LogP contribution in [0.15, 0.2) is 33.3 Å². The fraction of sp³-hybridized carbons (Fsp3) is 0.400. The highest BCUT2D eigenvalue weighted by Crippen LogP contribution is 2.40. The lowest BCUT2D eigenvalue weighted by molar-refractivity contribution is 0.480. The van der Waals surface area contributed by atoms with Crippen molar-refractivity contribution in [1.29, 1.82) is 0 Å². The Morgan fingerprint density at radius 2 is 1.36 bits per heavy atom. The van der Waals surface area contributed by atoms with Gasteiger partial charge < -0.3 is 9.80 Å². The summed E-state index contributed by atoms with van der Waals surface area (Å²) >= 11 is 3.63. The van der Waals surface area contributed by atoms with Crippen molar-refractivity contribution in [2.75, 3.05) is 13.1 Å². The summed E-state index contributed by atoms with van der Waals surface area (Å²) in [6.45, 7) is 6.45. The first-order valence-corrected chi connectivity index (χ1v) is 6.57. The van der Waals surface area contributed by atoms with Gasteiger partial charge in [0.1, 0.15) is 10.1 Å². The van der Waals surface area contributed by atoms with E-state index in [2.05, 4.69) is 46.9 Å². The van der Waals surface area contributed by atoms with Gasteiger partial charge in [-0.3, -0.25) is 0 Å². The molecule has 2 aliphatic rings. The first-order chi connectivity index (χ1) is 6.86. The van der Waals surface area contributed by atoms with E-state index in [-0.39, 0.29) is 0 Å². The minimum atomic E-state index is 1.04. The maximum Gasteiger partial charge on any atom is 0.110 e. The second-order valence-electron chi connectivity index (χ2n) is 2.99. The summed E-state index contributed by atoms with van der Waals surface area (Å²) in [5.74, 6) is 0. The van der Waals surface area contributed by atoms with E-state index >= 15 is 0 Å². The van der Waals surface area contributed by atoms with Gasteiger partial charge in [0.25, 0.3) is 0 Å². The molecular formula is C10H14N2S2. The Hall–Kier alpha value is -0.480. The third kappa shape index (κ3) is 1.68. The number of thioether (sulfide) groups is 2. The van der Waals surface area contributed by atoms with E-state index in [1.54, 1.807) is 0 Å². The fourth-order valence-corrected chi connectivity index (χ4v) is 3.50. The quantitative estimate of drug-likeness (QED) is 0.713. The molecule has 0 aromatic heterocycles. The summed E-state index contributed by atoms with van der Waals surface area (Å²) in [6, 6.07) is 0. The van der Waals surface area contributed by atoms with Crippen molar-refractivity contribution in [3.05, 3.63) is 33.3 Å². The van der Waals surface area contributed by atoms with Crippen LogP contribution in [0.4, 0.5) is 0 Å². The largest absolute Gasteiger partial charge is 0.340 e. The molecule has 0 amide bonds. The lowest BCUT2D eigenvalue weighted by Crippen LogP contribution is -2.18. The summed E-state index contributed by atoms with van der Waals surface area (Å²) in [5, 5.41) is 7.03. The average Bonchev–Trinajstić information content (AvgIpc) is 2.85. The molecule has 0 spiro atoms. The first kappa shape index (κ1) is 10.1. The second-order valence-corrected chi connectivity index (χ2v) is 4.78. The molecule has 2 heterocycles. The van der Waals surface area contributed by atoms with E-state index in [1.807, 2.05) is 23.5 Å². The van der Waals surface area contributed by atoms with E-state index in [1.165, 1.54) is 10.1 Å². The van der Waals surface area contributed by atoms with Crippen molar-refractivity contribution in [3.63, 3.8) is 0 Å². The van der Waals surface area contributed by atoms with Crippen LogP contribution in [0.3, 0.4) is 0 Å². The molecule has 0 bridgehead atoms. The van der Waals surface area contributed by atoms with E-state index in [0.29, 0.717) is 0 Å². The predicted octanol–water partition coefficient (Wildman–Crippen LogP) is 3.19. The molecule has 0 atom stereocenters. The van der Waals surface area contributed by atoms with Gasteiger partial charge in [-0.1, -0.05) is 23.5 Å². The summed E-state index contributed by atoms with van der Waals surface area (Å²) < 4.78 is 0. The first-order valence-electron chi connectivity index (χ1n) is 4.81. The molecule has 4 heteroatoms. The highest BCUT2D eigenvalue weighted by molar-refractivity contribution is 8.09. The van der Waals surface area contributed by atoms with Crippen molar-refractivity contribution >= 4 is 23.5 Å². The fourth-order valence-electron chi connectivity index (χ4n) is 1.45. The van der Waals surface area contributed by atoms with Crippen molar-refractivity contribution in [2.45, 2.75) is 13.8 Å². The van der Waals surface area contributed by atoms with Gasteiger partial charge >= 0.3 is 0 Å². The lowest BCUT2D eigenvalue weighted by Gasteiger charge is -2.22. The van der Waals surface area contributed by atoms with Crippen LogP contribution in [0.5, 0.6) is 0 Å². The standard InChI is InChI=1S/C10H14N2S2/c1-3-11-5-7-13-9(11)10-12(4-2)6-8-14-10/h5-8H,3-4H2,1-2H3/b10-9+. The molecule has 2 nitrogen and oxygen atoms in total. The van der Waals surface area contributed by atoms with Gasteiger partial charge in [-0.15, -0.1) is 0 Å². The molecule has 14 heavy (non-hydrogen) atoms. The van der Waals surface area contributed by atoms with E-state index in [0.717, 1.165) is 13.1 Å². The molecule has 0 fully saturated rings. The Morgan fingerprint density at radius 1 is 0.929 bits per heavy atom. The third-order valence-corrected chi connectivity index (χ3v) is 4.17. The SMILES string of the molecule is CCN1C=CS/C1=C1/SC=CN1CC. The molecule has 0 saturated heterocycles. The molecule has 76 valence electrons. The maximum absolute atomic E-state index is 2.29. The molecule has 0 radical (unpaired) electrons. The minimum absolute atomic E-state index is 1.04. The molecule has 0 unspecified atom stereocenters. The smallest absolute Gasteiger partial charge is 0.110 e. The average molecular weight is 226 g/mol. The maximum atomic E-state index is 2.29. The Balaban J connectivity index is 2.23. The zero-order valence-electron chi connectivity index (χ0n) is 8.43. The highest BCUT2D eigenvalue weighted by Gasteiger charge is 2.21. The molecule has 2 rings (SSSR count). The van der Waals surface area contributed by atoms with Gasteiger partial charge in [0.2, 0.25) is 0 Å². The van der Waals surface area contributed by atoms with Gasteiger partial charge in [0.05, 0.1) is 0 Å². The van der Waals surface area contributed by atoms with Gasteiger partial charge in [-0.2, -0.15) is 0 Å². The molecule has 0 N–H and O–H groups in total. The zero-order valence-corrected chi connectivity index (χ0v) is 10.1. The third-order valence-electron chi connectivity index (χ3n) is 2.23. The summed E-state index contributed by atoms with van der Waals surface area (Å²) in [4.78, 5) is 4.59. The molecule has 2 aliphatic heterocycles. The van der Waals surface area contributed by atoms with Gasteiger partial charge in [-0.05, 0) is 24.7 Å². The lowest BCUT2D eigenvalue weighted by atomic mass is 10.5. The van der Waals surface area contributed by atoms with E-state index in [9.17, 15) is 0 Å². The van der Waals surface area contributed by atoms with Gasteiger partial charge in [0.15, 0.2) is 0 Å². The monoisotopic (exact) mass is 226 g/mol. The predicted molar refractivity (Wildman–Crippen MR) is 65.2 cm³/mol. The Kier molecular flexibility index (Phi) is 3.13. The zero-order chi connectivity index (χ0) is 9.97. The second kappa shape index (κ2) is 4.36. The number of hydrogen-bond donors (Lipinski definition) is 0. The Labute approximate surface area is 93.7 Å². The van der Waals surface area contributed by atoms with Crippen LogP contribution in [0.25, 0.3) is 0 Å². The van der Waals surface area contributed by atoms with Crippen LogP contribution in [0.1, 0.15) is 13.8 Å².